The number of amides is 1. The largest absolute Gasteiger partial charge is 0.316 e. The molecular weight excluding hydrogens is 300 g/mol. The van der Waals surface area contributed by atoms with Crippen molar-refractivity contribution in [2.45, 2.75) is 26.8 Å². The summed E-state index contributed by atoms with van der Waals surface area (Å²) in [6, 6.07) is 6.05. The minimum Gasteiger partial charge on any atom is -0.316 e. The summed E-state index contributed by atoms with van der Waals surface area (Å²) in [5.74, 6) is -0.0742. The third kappa shape index (κ3) is 2.35. The van der Waals surface area contributed by atoms with Gasteiger partial charge < -0.3 is 4.57 Å². The van der Waals surface area contributed by atoms with E-state index in [1.54, 1.807) is 11.3 Å². The molecule has 0 N–H and O–H groups in total. The summed E-state index contributed by atoms with van der Waals surface area (Å²) in [6.07, 6.45) is 0.444. The zero-order valence-electron chi connectivity index (χ0n) is 9.74. The SMILES string of the molecule is CCC(=O)N=c1sc2cccc(Br)c2n1CC. The fraction of sp³-hybridized carbons (Fsp3) is 0.333. The molecule has 0 aliphatic rings. The van der Waals surface area contributed by atoms with Gasteiger partial charge in [0.1, 0.15) is 0 Å². The molecule has 17 heavy (non-hydrogen) atoms. The molecule has 0 unspecified atom stereocenters. The van der Waals surface area contributed by atoms with Crippen molar-refractivity contribution in [1.82, 2.24) is 4.57 Å². The second-order valence-electron chi connectivity index (χ2n) is 3.57. The Bertz CT molecular complexity index is 627. The summed E-state index contributed by atoms with van der Waals surface area (Å²) in [6.45, 7) is 4.69. The van der Waals surface area contributed by atoms with Gasteiger partial charge in [0.2, 0.25) is 5.91 Å². The number of aryl methyl sites for hydroxylation is 1. The molecule has 0 atom stereocenters. The van der Waals surface area contributed by atoms with Crippen LogP contribution in [0, 0.1) is 0 Å². The van der Waals surface area contributed by atoms with Crippen LogP contribution < -0.4 is 4.80 Å². The number of carbonyl (C=O) groups is 1. The van der Waals surface area contributed by atoms with Crippen molar-refractivity contribution >= 4 is 43.4 Å². The predicted octanol–water partition coefficient (Wildman–Crippen LogP) is 3.32. The molecule has 0 spiro atoms. The van der Waals surface area contributed by atoms with Crippen molar-refractivity contribution in [3.05, 3.63) is 27.5 Å². The second-order valence-corrected chi connectivity index (χ2v) is 5.44. The van der Waals surface area contributed by atoms with E-state index in [0.717, 1.165) is 26.0 Å². The lowest BCUT2D eigenvalue weighted by atomic mass is 10.3. The molecule has 1 aromatic carbocycles. The first-order valence-corrected chi connectivity index (χ1v) is 7.13. The molecule has 3 nitrogen and oxygen atoms in total. The molecule has 1 amide bonds. The van der Waals surface area contributed by atoms with Crippen LogP contribution in [0.15, 0.2) is 27.7 Å². The van der Waals surface area contributed by atoms with Crippen molar-refractivity contribution in [2.24, 2.45) is 4.99 Å². The van der Waals surface area contributed by atoms with Crippen molar-refractivity contribution in [3.63, 3.8) is 0 Å². The Labute approximate surface area is 112 Å². The number of benzene rings is 1. The van der Waals surface area contributed by atoms with Crippen molar-refractivity contribution in [2.75, 3.05) is 0 Å². The van der Waals surface area contributed by atoms with Crippen molar-refractivity contribution in [1.29, 1.82) is 0 Å². The number of aromatic nitrogens is 1. The predicted molar refractivity (Wildman–Crippen MR) is 74.1 cm³/mol. The van der Waals surface area contributed by atoms with Gasteiger partial charge in [-0.2, -0.15) is 4.99 Å². The van der Waals surface area contributed by atoms with Crippen LogP contribution in [-0.4, -0.2) is 10.5 Å². The molecule has 0 fully saturated rings. The van der Waals surface area contributed by atoms with Crippen LogP contribution in [0.3, 0.4) is 0 Å². The lowest BCUT2D eigenvalue weighted by Gasteiger charge is -2.01. The first-order valence-electron chi connectivity index (χ1n) is 5.52. The molecule has 90 valence electrons. The molecular formula is C12H13BrN2OS. The van der Waals surface area contributed by atoms with E-state index in [-0.39, 0.29) is 5.91 Å². The minimum absolute atomic E-state index is 0.0742. The number of hydrogen-bond acceptors (Lipinski definition) is 2. The van der Waals surface area contributed by atoms with Gasteiger partial charge in [0.05, 0.1) is 10.2 Å². The first-order chi connectivity index (χ1) is 8.17. The normalized spacial score (nSPS) is 12.3. The van der Waals surface area contributed by atoms with E-state index in [0.29, 0.717) is 6.42 Å². The summed E-state index contributed by atoms with van der Waals surface area (Å²) >= 11 is 5.10. The van der Waals surface area contributed by atoms with Crippen molar-refractivity contribution < 1.29 is 4.79 Å². The van der Waals surface area contributed by atoms with Crippen molar-refractivity contribution in [3.8, 4) is 0 Å². The summed E-state index contributed by atoms with van der Waals surface area (Å²) < 4.78 is 4.25. The summed E-state index contributed by atoms with van der Waals surface area (Å²) in [4.78, 5) is 16.4. The Morgan fingerprint density at radius 1 is 1.47 bits per heavy atom. The Balaban J connectivity index is 2.78. The molecule has 0 saturated carbocycles. The summed E-state index contributed by atoms with van der Waals surface area (Å²) in [7, 11) is 0. The highest BCUT2D eigenvalue weighted by molar-refractivity contribution is 9.10. The molecule has 2 rings (SSSR count). The summed E-state index contributed by atoms with van der Waals surface area (Å²) in [5.41, 5.74) is 1.11. The number of thiazole rings is 1. The number of halogens is 1. The van der Waals surface area contributed by atoms with Gasteiger partial charge in [-0.25, -0.2) is 0 Å². The number of hydrogen-bond donors (Lipinski definition) is 0. The zero-order chi connectivity index (χ0) is 12.4. The number of rotatable bonds is 2. The van der Waals surface area contributed by atoms with Gasteiger partial charge in [0.25, 0.3) is 0 Å². The van der Waals surface area contributed by atoms with E-state index in [4.69, 9.17) is 0 Å². The maximum Gasteiger partial charge on any atom is 0.248 e. The quantitative estimate of drug-likeness (QED) is 0.837. The van der Waals surface area contributed by atoms with Crippen LogP contribution >= 0.6 is 27.3 Å². The number of para-hydroxylation sites is 1. The second kappa shape index (κ2) is 5.14. The summed E-state index contributed by atoms with van der Waals surface area (Å²) in [5, 5.41) is 0. The van der Waals surface area contributed by atoms with Crippen LogP contribution in [-0.2, 0) is 11.3 Å². The van der Waals surface area contributed by atoms with E-state index in [1.165, 1.54) is 0 Å². The third-order valence-electron chi connectivity index (χ3n) is 2.49. The fourth-order valence-electron chi connectivity index (χ4n) is 1.65. The minimum atomic E-state index is -0.0742. The lowest BCUT2D eigenvalue weighted by Crippen LogP contribution is -2.15. The zero-order valence-corrected chi connectivity index (χ0v) is 12.1. The van der Waals surface area contributed by atoms with Gasteiger partial charge in [0, 0.05) is 17.4 Å². The molecule has 2 aromatic rings. The number of nitrogens with zero attached hydrogens (tertiary/aromatic N) is 2. The van der Waals surface area contributed by atoms with Crippen LogP contribution in [0.25, 0.3) is 10.2 Å². The van der Waals surface area contributed by atoms with Crippen LogP contribution in [0.5, 0.6) is 0 Å². The van der Waals surface area contributed by atoms with Gasteiger partial charge in [-0.1, -0.05) is 24.3 Å². The molecule has 0 bridgehead atoms. The van der Waals surface area contributed by atoms with Crippen LogP contribution in [0.2, 0.25) is 0 Å². The average Bonchev–Trinajstić information content (AvgIpc) is 2.67. The number of fused-ring (bicyclic) bond motifs is 1. The van der Waals surface area contributed by atoms with Crippen LogP contribution in [0.1, 0.15) is 20.3 Å². The third-order valence-corrected chi connectivity index (χ3v) is 4.17. The topological polar surface area (TPSA) is 34.4 Å². The molecule has 0 aliphatic carbocycles. The van der Waals surface area contributed by atoms with Gasteiger partial charge >= 0.3 is 0 Å². The number of carbonyl (C=O) groups excluding carboxylic acids is 1. The Morgan fingerprint density at radius 2 is 2.24 bits per heavy atom. The maximum absolute atomic E-state index is 11.4. The maximum atomic E-state index is 11.4. The highest BCUT2D eigenvalue weighted by Crippen LogP contribution is 2.25. The van der Waals surface area contributed by atoms with E-state index in [2.05, 4.69) is 32.4 Å². The lowest BCUT2D eigenvalue weighted by molar-refractivity contribution is -0.117. The Kier molecular flexibility index (Phi) is 3.79. The Morgan fingerprint density at radius 3 is 2.88 bits per heavy atom. The van der Waals surface area contributed by atoms with Crippen LogP contribution in [0.4, 0.5) is 0 Å². The standard InChI is InChI=1S/C12H13BrN2OS/c1-3-10(16)14-12-15(4-2)11-8(13)6-5-7-9(11)17-12/h5-7H,3-4H2,1-2H3. The molecule has 1 aromatic heterocycles. The van der Waals surface area contributed by atoms with E-state index >= 15 is 0 Å². The fourth-order valence-corrected chi connectivity index (χ4v) is 3.50. The molecule has 0 aliphatic heterocycles. The molecule has 5 heteroatoms. The monoisotopic (exact) mass is 312 g/mol. The molecule has 1 heterocycles. The first kappa shape index (κ1) is 12.5. The van der Waals surface area contributed by atoms with E-state index < -0.39 is 0 Å². The van der Waals surface area contributed by atoms with E-state index in [9.17, 15) is 4.79 Å². The Hall–Kier alpha value is -0.940. The van der Waals surface area contributed by atoms with Gasteiger partial charge in [0.15, 0.2) is 4.80 Å². The molecule has 0 saturated heterocycles. The van der Waals surface area contributed by atoms with Gasteiger partial charge in [-0.05, 0) is 35.0 Å². The average molecular weight is 313 g/mol. The molecule has 0 radical (unpaired) electrons. The van der Waals surface area contributed by atoms with Gasteiger partial charge in [-0.3, -0.25) is 4.79 Å². The van der Waals surface area contributed by atoms with Gasteiger partial charge in [-0.15, -0.1) is 0 Å². The smallest absolute Gasteiger partial charge is 0.248 e. The highest BCUT2D eigenvalue weighted by atomic mass is 79.9. The highest BCUT2D eigenvalue weighted by Gasteiger charge is 2.08. The van der Waals surface area contributed by atoms with E-state index in [1.807, 2.05) is 25.1 Å².